The highest BCUT2D eigenvalue weighted by Gasteiger charge is 2.31. The third-order valence-electron chi connectivity index (χ3n) is 4.02. The van der Waals surface area contributed by atoms with Crippen molar-refractivity contribution in [2.24, 2.45) is 0 Å². The maximum absolute atomic E-state index is 11.8. The van der Waals surface area contributed by atoms with Gasteiger partial charge in [0.05, 0.1) is 7.11 Å². The summed E-state index contributed by atoms with van der Waals surface area (Å²) in [4.78, 5) is 16.2. The summed E-state index contributed by atoms with van der Waals surface area (Å²) in [7, 11) is 1.36. The van der Waals surface area contributed by atoms with Crippen LogP contribution in [0, 0.1) is 0 Å². The van der Waals surface area contributed by atoms with Crippen LogP contribution in [0.4, 0.5) is 5.82 Å². The lowest BCUT2D eigenvalue weighted by atomic mass is 9.94. The lowest BCUT2D eigenvalue weighted by Gasteiger charge is -2.33. The van der Waals surface area contributed by atoms with E-state index in [2.05, 4.69) is 15.8 Å². The van der Waals surface area contributed by atoms with E-state index in [1.54, 1.807) is 0 Å². The topological polar surface area (TPSA) is 70.1 Å². The summed E-state index contributed by atoms with van der Waals surface area (Å²) in [5.74, 6) is 0.890. The number of ether oxygens (including phenoxy) is 1. The molecule has 1 fully saturated rings. The predicted octanol–water partition coefficient (Wildman–Crippen LogP) is 2.66. The zero-order chi connectivity index (χ0) is 14.7. The van der Waals surface area contributed by atoms with Crippen LogP contribution in [0.25, 0.3) is 0 Å². The van der Waals surface area contributed by atoms with Crippen LogP contribution in [0.5, 0.6) is 0 Å². The number of thioether (sulfide) groups is 1. The Balaban J connectivity index is 2.43. The van der Waals surface area contributed by atoms with Gasteiger partial charge < -0.3 is 15.0 Å². The number of methoxy groups -OCH3 is 1. The minimum absolute atomic E-state index is 0.259. The number of carbonyl (C=O) groups excluding carboxylic acids is 1. The summed E-state index contributed by atoms with van der Waals surface area (Å²) in [6, 6.07) is 0.333. The minimum atomic E-state index is -0.451. The Hall–Kier alpha value is -1.17. The molecule has 1 aromatic heterocycles. The first kappa shape index (κ1) is 15.2. The van der Waals surface area contributed by atoms with Gasteiger partial charge in [-0.3, -0.25) is 0 Å². The van der Waals surface area contributed by atoms with E-state index in [1.807, 2.05) is 18.7 Å². The number of esters is 1. The molecule has 1 heterocycles. The molecular weight excluding hydrogens is 274 g/mol. The number of aryl methyl sites for hydroxylation is 1. The first-order chi connectivity index (χ1) is 9.63. The molecule has 0 radical (unpaired) electrons. The van der Waals surface area contributed by atoms with Crippen molar-refractivity contribution in [1.82, 2.24) is 9.55 Å². The van der Waals surface area contributed by atoms with E-state index in [0.717, 1.165) is 18.7 Å². The fourth-order valence-corrected chi connectivity index (χ4v) is 3.98. The molecule has 2 atom stereocenters. The van der Waals surface area contributed by atoms with Crippen molar-refractivity contribution < 1.29 is 9.53 Å². The zero-order valence-electron chi connectivity index (χ0n) is 12.4. The van der Waals surface area contributed by atoms with Crippen molar-refractivity contribution in [2.45, 2.75) is 50.3 Å². The molecule has 1 aliphatic rings. The Kier molecular flexibility index (Phi) is 4.96. The second-order valence-corrected chi connectivity index (χ2v) is 6.18. The smallest absolute Gasteiger partial charge is 0.360 e. The molecule has 2 unspecified atom stereocenters. The van der Waals surface area contributed by atoms with Gasteiger partial charge in [0.15, 0.2) is 5.69 Å². The van der Waals surface area contributed by atoms with E-state index < -0.39 is 5.97 Å². The molecule has 1 aromatic rings. The van der Waals surface area contributed by atoms with Gasteiger partial charge in [-0.25, -0.2) is 9.78 Å². The number of imidazole rings is 1. The quantitative estimate of drug-likeness (QED) is 0.865. The first-order valence-corrected chi connectivity index (χ1v) is 8.40. The number of hydrogen-bond donors (Lipinski definition) is 1. The molecule has 0 bridgehead atoms. The van der Waals surface area contributed by atoms with Crippen LogP contribution < -0.4 is 5.73 Å². The molecule has 1 saturated carbocycles. The summed E-state index contributed by atoms with van der Waals surface area (Å²) in [5.41, 5.74) is 6.45. The lowest BCUT2D eigenvalue weighted by Crippen LogP contribution is -2.27. The van der Waals surface area contributed by atoms with Crippen molar-refractivity contribution in [1.29, 1.82) is 0 Å². The number of nitrogen functional groups attached to an aromatic ring is 1. The molecule has 2 N–H and O–H groups in total. The molecule has 0 aromatic carbocycles. The summed E-state index contributed by atoms with van der Waals surface area (Å²) in [6.07, 6.45) is 7.67. The molecule has 6 heteroatoms. The molecular formula is C14H23N3O2S. The third-order valence-corrected chi connectivity index (χ3v) is 5.17. The number of nitrogens with zero attached hydrogens (tertiary/aromatic N) is 2. The summed E-state index contributed by atoms with van der Waals surface area (Å²) in [5, 5.41) is 0.538. The van der Waals surface area contributed by atoms with Gasteiger partial charge in [0.1, 0.15) is 11.6 Å². The number of carbonyl (C=O) groups is 1. The number of aromatic nitrogens is 2. The van der Waals surface area contributed by atoms with Gasteiger partial charge >= 0.3 is 5.97 Å². The molecule has 0 spiro atoms. The highest BCUT2D eigenvalue weighted by molar-refractivity contribution is 7.99. The highest BCUT2D eigenvalue weighted by Crippen LogP contribution is 2.38. The van der Waals surface area contributed by atoms with E-state index in [1.165, 1.54) is 26.4 Å². The normalized spacial score (nSPS) is 22.8. The van der Waals surface area contributed by atoms with Crippen molar-refractivity contribution in [2.75, 3.05) is 19.1 Å². The Bertz CT molecular complexity index is 487. The average molecular weight is 297 g/mol. The molecule has 112 valence electrons. The van der Waals surface area contributed by atoms with Crippen molar-refractivity contribution in [3.8, 4) is 0 Å². The second kappa shape index (κ2) is 6.52. The fraction of sp³-hybridized carbons (Fsp3) is 0.714. The Morgan fingerprint density at radius 3 is 2.80 bits per heavy atom. The predicted molar refractivity (Wildman–Crippen MR) is 82.2 cm³/mol. The highest BCUT2D eigenvalue weighted by atomic mass is 32.2. The van der Waals surface area contributed by atoms with Gasteiger partial charge in [0.25, 0.3) is 0 Å². The molecule has 20 heavy (non-hydrogen) atoms. The molecule has 0 aliphatic heterocycles. The molecule has 1 aliphatic carbocycles. The van der Waals surface area contributed by atoms with E-state index in [0.29, 0.717) is 17.1 Å². The van der Waals surface area contributed by atoms with Crippen LogP contribution in [-0.2, 0) is 11.2 Å². The van der Waals surface area contributed by atoms with E-state index >= 15 is 0 Å². The Morgan fingerprint density at radius 1 is 1.50 bits per heavy atom. The van der Waals surface area contributed by atoms with Crippen molar-refractivity contribution in [3.05, 3.63) is 11.5 Å². The monoisotopic (exact) mass is 297 g/mol. The molecule has 5 nitrogen and oxygen atoms in total. The van der Waals surface area contributed by atoms with E-state index in [9.17, 15) is 4.79 Å². The van der Waals surface area contributed by atoms with Gasteiger partial charge in [-0.15, -0.1) is 0 Å². The van der Waals surface area contributed by atoms with Crippen LogP contribution in [0.2, 0.25) is 0 Å². The summed E-state index contributed by atoms with van der Waals surface area (Å²) >= 11 is 1.88. The number of hydrogen-bond acceptors (Lipinski definition) is 5. The lowest BCUT2D eigenvalue weighted by molar-refractivity contribution is 0.0595. The third kappa shape index (κ3) is 2.66. The first-order valence-electron chi connectivity index (χ1n) is 7.11. The number of rotatable bonds is 4. The standard InChI is InChI=1S/C14H23N3O2S/c1-4-11-16-12(14(18)19-2)13(15)17(11)9-7-5-6-8-10(9)20-3/h9-10H,4-8,15H2,1-3H3. The Labute approximate surface area is 124 Å². The zero-order valence-corrected chi connectivity index (χ0v) is 13.2. The molecule has 0 saturated heterocycles. The van der Waals surface area contributed by atoms with Gasteiger partial charge in [-0.1, -0.05) is 19.8 Å². The largest absolute Gasteiger partial charge is 0.464 e. The Morgan fingerprint density at radius 2 is 2.20 bits per heavy atom. The van der Waals surface area contributed by atoms with E-state index in [-0.39, 0.29) is 5.69 Å². The van der Waals surface area contributed by atoms with Crippen LogP contribution in [0.15, 0.2) is 0 Å². The maximum atomic E-state index is 11.8. The summed E-state index contributed by atoms with van der Waals surface area (Å²) < 4.78 is 6.85. The minimum Gasteiger partial charge on any atom is -0.464 e. The van der Waals surface area contributed by atoms with Crippen LogP contribution in [0.1, 0.15) is 55.0 Å². The van der Waals surface area contributed by atoms with Gasteiger partial charge in [-0.2, -0.15) is 11.8 Å². The van der Waals surface area contributed by atoms with Gasteiger partial charge in [0.2, 0.25) is 0 Å². The fourth-order valence-electron chi connectivity index (χ4n) is 3.01. The summed E-state index contributed by atoms with van der Waals surface area (Å²) in [6.45, 7) is 2.04. The van der Waals surface area contributed by atoms with Crippen LogP contribution in [0.3, 0.4) is 0 Å². The molecule has 2 rings (SSSR count). The molecule has 0 amide bonds. The van der Waals surface area contributed by atoms with Gasteiger partial charge in [0, 0.05) is 17.7 Å². The average Bonchev–Trinajstić information content (AvgIpc) is 2.83. The maximum Gasteiger partial charge on any atom is 0.360 e. The number of nitrogens with two attached hydrogens (primary N) is 1. The van der Waals surface area contributed by atoms with E-state index in [4.69, 9.17) is 10.5 Å². The SMILES string of the molecule is CCc1nc(C(=O)OC)c(N)n1C1CCCCC1SC. The van der Waals surface area contributed by atoms with Crippen molar-refractivity contribution in [3.63, 3.8) is 0 Å². The van der Waals surface area contributed by atoms with Gasteiger partial charge in [-0.05, 0) is 19.1 Å². The van der Waals surface area contributed by atoms with Crippen molar-refractivity contribution >= 4 is 23.5 Å². The van der Waals surface area contributed by atoms with Crippen LogP contribution >= 0.6 is 11.8 Å². The number of anilines is 1. The van der Waals surface area contributed by atoms with Crippen LogP contribution in [-0.4, -0.2) is 34.1 Å². The second-order valence-electron chi connectivity index (χ2n) is 5.10.